The number of benzene rings is 1. The molecule has 1 heterocycles. The molecule has 3 heteroatoms. The topological polar surface area (TPSA) is 48.1 Å². The van der Waals surface area contributed by atoms with Crippen LogP contribution in [0.15, 0.2) is 30.3 Å². The Kier molecular flexibility index (Phi) is 4.40. The maximum atomic E-state index is 6.01. The van der Waals surface area contributed by atoms with Crippen molar-refractivity contribution < 1.29 is 4.74 Å². The standard InChI is InChI=1S/C17H22N2O/c1-11(2)15-6-5-12(3)7-16(15)20-17-9-14(10-18)8-13(4)19-17/h5-9,11H,10,18H2,1-4H3. The molecule has 0 amide bonds. The molecule has 0 saturated carbocycles. The zero-order valence-corrected chi connectivity index (χ0v) is 12.6. The van der Waals surface area contributed by atoms with E-state index in [1.54, 1.807) is 0 Å². The second-order valence-electron chi connectivity index (χ2n) is 5.46. The van der Waals surface area contributed by atoms with Crippen molar-refractivity contribution in [1.29, 1.82) is 0 Å². The molecule has 1 aromatic heterocycles. The molecule has 0 radical (unpaired) electrons. The smallest absolute Gasteiger partial charge is 0.219 e. The summed E-state index contributed by atoms with van der Waals surface area (Å²) < 4.78 is 6.01. The van der Waals surface area contributed by atoms with E-state index >= 15 is 0 Å². The lowest BCUT2D eigenvalue weighted by Crippen LogP contribution is -2.01. The van der Waals surface area contributed by atoms with Gasteiger partial charge in [0.25, 0.3) is 0 Å². The molecule has 0 bridgehead atoms. The Morgan fingerprint density at radius 1 is 1.15 bits per heavy atom. The third-order valence-electron chi connectivity index (χ3n) is 3.23. The van der Waals surface area contributed by atoms with Gasteiger partial charge in [-0.3, -0.25) is 0 Å². The first kappa shape index (κ1) is 14.5. The Labute approximate surface area is 120 Å². The Bertz CT molecular complexity index is 606. The van der Waals surface area contributed by atoms with E-state index in [-0.39, 0.29) is 0 Å². The Morgan fingerprint density at radius 2 is 1.90 bits per heavy atom. The molecule has 0 aliphatic rings. The molecule has 0 spiro atoms. The van der Waals surface area contributed by atoms with Gasteiger partial charge in [0.1, 0.15) is 5.75 Å². The number of aromatic nitrogens is 1. The Balaban J connectivity index is 2.38. The fourth-order valence-electron chi connectivity index (χ4n) is 2.20. The summed E-state index contributed by atoms with van der Waals surface area (Å²) in [5, 5.41) is 0. The zero-order chi connectivity index (χ0) is 14.7. The van der Waals surface area contributed by atoms with E-state index in [0.717, 1.165) is 17.0 Å². The molecule has 0 fully saturated rings. The third kappa shape index (κ3) is 3.36. The quantitative estimate of drug-likeness (QED) is 0.911. The van der Waals surface area contributed by atoms with Crippen molar-refractivity contribution in [3.8, 4) is 11.6 Å². The van der Waals surface area contributed by atoms with Crippen LogP contribution in [-0.4, -0.2) is 4.98 Å². The average molecular weight is 270 g/mol. The number of nitrogens with two attached hydrogens (primary N) is 1. The first-order chi connectivity index (χ1) is 9.49. The van der Waals surface area contributed by atoms with Crippen LogP contribution in [0.5, 0.6) is 11.6 Å². The molecule has 0 atom stereocenters. The van der Waals surface area contributed by atoms with Gasteiger partial charge in [0, 0.05) is 18.3 Å². The van der Waals surface area contributed by atoms with Crippen molar-refractivity contribution in [2.75, 3.05) is 0 Å². The van der Waals surface area contributed by atoms with Crippen LogP contribution >= 0.6 is 0 Å². The number of rotatable bonds is 4. The van der Waals surface area contributed by atoms with Gasteiger partial charge in [-0.2, -0.15) is 0 Å². The van der Waals surface area contributed by atoms with Gasteiger partial charge in [0.15, 0.2) is 0 Å². The highest BCUT2D eigenvalue weighted by Gasteiger charge is 2.10. The van der Waals surface area contributed by atoms with Gasteiger partial charge in [-0.25, -0.2) is 4.98 Å². The molecule has 1 aromatic carbocycles. The van der Waals surface area contributed by atoms with E-state index in [0.29, 0.717) is 18.3 Å². The van der Waals surface area contributed by atoms with Gasteiger partial charge < -0.3 is 10.5 Å². The van der Waals surface area contributed by atoms with Gasteiger partial charge >= 0.3 is 0 Å². The molecule has 2 N–H and O–H groups in total. The van der Waals surface area contributed by atoms with Gasteiger partial charge in [0.05, 0.1) is 0 Å². The van der Waals surface area contributed by atoms with Crippen molar-refractivity contribution in [2.24, 2.45) is 5.73 Å². The monoisotopic (exact) mass is 270 g/mol. The van der Waals surface area contributed by atoms with E-state index in [9.17, 15) is 0 Å². The van der Waals surface area contributed by atoms with E-state index in [2.05, 4.69) is 44.0 Å². The minimum absolute atomic E-state index is 0.407. The molecular weight excluding hydrogens is 248 g/mol. The first-order valence-electron chi connectivity index (χ1n) is 6.95. The van der Waals surface area contributed by atoms with Crippen LogP contribution in [0.2, 0.25) is 0 Å². The van der Waals surface area contributed by atoms with E-state index in [4.69, 9.17) is 10.5 Å². The molecule has 3 nitrogen and oxygen atoms in total. The largest absolute Gasteiger partial charge is 0.439 e. The van der Waals surface area contributed by atoms with E-state index < -0.39 is 0 Å². The lowest BCUT2D eigenvalue weighted by molar-refractivity contribution is 0.452. The van der Waals surface area contributed by atoms with Gasteiger partial charge in [-0.05, 0) is 48.6 Å². The maximum Gasteiger partial charge on any atom is 0.219 e. The van der Waals surface area contributed by atoms with Crippen LogP contribution in [0.4, 0.5) is 0 Å². The van der Waals surface area contributed by atoms with E-state index in [1.165, 1.54) is 11.1 Å². The van der Waals surface area contributed by atoms with Gasteiger partial charge in [0.2, 0.25) is 5.88 Å². The highest BCUT2D eigenvalue weighted by molar-refractivity contribution is 5.41. The van der Waals surface area contributed by atoms with Crippen molar-refractivity contribution in [3.05, 3.63) is 52.7 Å². The summed E-state index contributed by atoms with van der Waals surface area (Å²) in [6.45, 7) is 8.82. The van der Waals surface area contributed by atoms with Gasteiger partial charge in [-0.15, -0.1) is 0 Å². The van der Waals surface area contributed by atoms with Crippen molar-refractivity contribution in [1.82, 2.24) is 4.98 Å². The molecule has 0 saturated heterocycles. The molecule has 0 aliphatic carbocycles. The number of nitrogens with zero attached hydrogens (tertiary/aromatic N) is 1. The summed E-state index contributed by atoms with van der Waals surface area (Å²) in [6, 6.07) is 10.2. The fraction of sp³-hybridized carbons (Fsp3) is 0.353. The normalized spacial score (nSPS) is 10.9. The predicted molar refractivity (Wildman–Crippen MR) is 82.2 cm³/mol. The summed E-state index contributed by atoms with van der Waals surface area (Å²) in [7, 11) is 0. The summed E-state index contributed by atoms with van der Waals surface area (Å²) in [4.78, 5) is 4.43. The molecule has 20 heavy (non-hydrogen) atoms. The summed E-state index contributed by atoms with van der Waals surface area (Å²) in [5.74, 6) is 1.89. The summed E-state index contributed by atoms with van der Waals surface area (Å²) in [6.07, 6.45) is 0. The molecule has 2 rings (SSSR count). The second kappa shape index (κ2) is 6.06. The second-order valence-corrected chi connectivity index (χ2v) is 5.46. The van der Waals surface area contributed by atoms with Crippen LogP contribution in [0.3, 0.4) is 0 Å². The van der Waals surface area contributed by atoms with Crippen LogP contribution in [0.25, 0.3) is 0 Å². The van der Waals surface area contributed by atoms with Crippen LogP contribution in [0.1, 0.15) is 42.1 Å². The average Bonchev–Trinajstić information content (AvgIpc) is 2.37. The van der Waals surface area contributed by atoms with Crippen molar-refractivity contribution in [3.63, 3.8) is 0 Å². The van der Waals surface area contributed by atoms with Gasteiger partial charge in [-0.1, -0.05) is 26.0 Å². The molecule has 106 valence electrons. The number of pyridine rings is 1. The first-order valence-corrected chi connectivity index (χ1v) is 6.95. The van der Waals surface area contributed by atoms with Crippen LogP contribution < -0.4 is 10.5 Å². The summed E-state index contributed by atoms with van der Waals surface area (Å²) in [5.41, 5.74) is 10.0. The predicted octanol–water partition coefficient (Wildman–Crippen LogP) is 4.07. The minimum atomic E-state index is 0.407. The SMILES string of the molecule is Cc1ccc(C(C)C)c(Oc2cc(CN)cc(C)n2)c1. The number of hydrogen-bond donors (Lipinski definition) is 1. The molecular formula is C17H22N2O. The highest BCUT2D eigenvalue weighted by Crippen LogP contribution is 2.31. The van der Waals surface area contributed by atoms with Crippen molar-refractivity contribution >= 4 is 0 Å². The molecule has 0 unspecified atom stereocenters. The van der Waals surface area contributed by atoms with Crippen LogP contribution in [-0.2, 0) is 6.54 Å². The maximum absolute atomic E-state index is 6.01. The lowest BCUT2D eigenvalue weighted by atomic mass is 10.0. The van der Waals surface area contributed by atoms with Crippen molar-refractivity contribution in [2.45, 2.75) is 40.2 Å². The number of aryl methyl sites for hydroxylation is 2. The number of ether oxygens (including phenoxy) is 1. The Hall–Kier alpha value is -1.87. The lowest BCUT2D eigenvalue weighted by Gasteiger charge is -2.14. The highest BCUT2D eigenvalue weighted by atomic mass is 16.5. The Morgan fingerprint density at radius 3 is 2.55 bits per heavy atom. The number of hydrogen-bond acceptors (Lipinski definition) is 3. The summed E-state index contributed by atoms with van der Waals surface area (Å²) >= 11 is 0. The molecule has 0 aliphatic heterocycles. The van der Waals surface area contributed by atoms with E-state index in [1.807, 2.05) is 19.1 Å². The minimum Gasteiger partial charge on any atom is -0.439 e. The van der Waals surface area contributed by atoms with Crippen LogP contribution in [0, 0.1) is 13.8 Å². The molecule has 2 aromatic rings. The zero-order valence-electron chi connectivity index (χ0n) is 12.6. The third-order valence-corrected chi connectivity index (χ3v) is 3.23. The fourth-order valence-corrected chi connectivity index (χ4v) is 2.20.